The molecule has 29 heteroatoms. The number of ether oxygens (including phenoxy) is 2. The standard InChI is InChI=1S/C69H123N13O16/c1-24-42(14)55-67(94)80(20)57(41(12)13)68(95)79(19)45(17)60(87)77-52(85)27-30-70-48(34-38(6)7)65(92)82(22)59(44(16)26-3)69(96)98-46(18)56(78-61(88)47(33-37(4)5)74-63(90)54(40(10)11)76-53(86)36-97-23)62(89)71-31-28-50(83)73-49(35-39(8)9)66(93)81(21)58(43(15)25-2)64(91)72-32-29-51(84)75-55/h37-49,54-59,70H,24-36H2,1-23H3,(H,71,89)(H,72,91)(H,73,83)(H,74,90)(H,75,84)(H,76,86)(H,78,88)(H,77,85,87). The molecule has 13 amide bonds. The fourth-order valence-corrected chi connectivity index (χ4v) is 11.6. The average molecular weight is 1390 g/mol. The smallest absolute Gasteiger partial charge is 0.329 e. The molecule has 1 aliphatic heterocycles. The first-order chi connectivity index (χ1) is 45.6. The molecule has 0 aromatic rings. The van der Waals surface area contributed by atoms with Crippen molar-refractivity contribution in [3.8, 4) is 0 Å². The maximum Gasteiger partial charge on any atom is 0.329 e. The van der Waals surface area contributed by atoms with Crippen LogP contribution < -0.4 is 47.9 Å². The van der Waals surface area contributed by atoms with Crippen molar-refractivity contribution in [1.29, 1.82) is 0 Å². The summed E-state index contributed by atoms with van der Waals surface area (Å²) in [7, 11) is 6.98. The zero-order chi connectivity index (χ0) is 75.3. The summed E-state index contributed by atoms with van der Waals surface area (Å²) in [6.45, 7) is 30.3. The molecule has 0 aromatic carbocycles. The van der Waals surface area contributed by atoms with E-state index in [1.54, 1.807) is 69.2 Å². The maximum atomic E-state index is 14.8. The van der Waals surface area contributed by atoms with Gasteiger partial charge in [0, 0.05) is 74.2 Å². The van der Waals surface area contributed by atoms with Crippen molar-refractivity contribution in [2.45, 2.75) is 249 Å². The Morgan fingerprint density at radius 1 is 0.541 bits per heavy atom. The molecule has 9 N–H and O–H groups in total. The van der Waals surface area contributed by atoms with Gasteiger partial charge < -0.3 is 71.6 Å². The van der Waals surface area contributed by atoms with Crippen molar-refractivity contribution in [3.05, 3.63) is 0 Å². The monoisotopic (exact) mass is 1390 g/mol. The van der Waals surface area contributed by atoms with Gasteiger partial charge in [-0.15, -0.1) is 0 Å². The topological polar surface area (TPSA) is 379 Å². The number of hydrogen-bond acceptors (Lipinski definition) is 17. The molecule has 14 unspecified atom stereocenters. The number of hydrogen-bond donors (Lipinski definition) is 9. The summed E-state index contributed by atoms with van der Waals surface area (Å²) in [5.41, 5.74) is 0. The predicted octanol–water partition coefficient (Wildman–Crippen LogP) is 1.92. The highest BCUT2D eigenvalue weighted by molar-refractivity contribution is 6.01. The zero-order valence-corrected chi connectivity index (χ0v) is 63.0. The van der Waals surface area contributed by atoms with Crippen molar-refractivity contribution < 1.29 is 76.6 Å². The number of nitrogens with one attached hydrogen (secondary N) is 9. The van der Waals surface area contributed by atoms with Crippen molar-refractivity contribution in [1.82, 2.24) is 67.5 Å². The van der Waals surface area contributed by atoms with Gasteiger partial charge in [0.2, 0.25) is 76.8 Å². The highest BCUT2D eigenvalue weighted by Crippen LogP contribution is 2.23. The number of nitrogens with zero attached hydrogens (tertiary/aromatic N) is 4. The van der Waals surface area contributed by atoms with Crippen LogP contribution in [0.1, 0.15) is 182 Å². The lowest BCUT2D eigenvalue weighted by Gasteiger charge is -2.37. The van der Waals surface area contributed by atoms with Crippen LogP contribution in [0.3, 0.4) is 0 Å². The van der Waals surface area contributed by atoms with E-state index in [-0.39, 0.29) is 76.1 Å². The minimum Gasteiger partial charge on any atom is -0.458 e. The summed E-state index contributed by atoms with van der Waals surface area (Å²) in [6, 6.07) is -12.1. The van der Waals surface area contributed by atoms with E-state index in [4.69, 9.17) is 9.47 Å². The molecule has 0 aliphatic carbocycles. The normalized spacial score (nSPS) is 25.0. The summed E-state index contributed by atoms with van der Waals surface area (Å²) in [5, 5.41) is 24.5. The third kappa shape index (κ3) is 28.1. The van der Waals surface area contributed by atoms with E-state index < -0.39 is 185 Å². The molecule has 1 rings (SSSR count). The van der Waals surface area contributed by atoms with Gasteiger partial charge in [0.25, 0.3) is 0 Å². The molecule has 1 aliphatic rings. The van der Waals surface area contributed by atoms with E-state index in [9.17, 15) is 67.1 Å². The van der Waals surface area contributed by atoms with E-state index in [0.717, 1.165) is 4.90 Å². The molecule has 0 spiro atoms. The Labute approximate surface area is 582 Å². The maximum absolute atomic E-state index is 14.8. The molecule has 1 heterocycles. The average Bonchev–Trinajstić information content (AvgIpc) is 0.832. The van der Waals surface area contributed by atoms with Gasteiger partial charge in [-0.3, -0.25) is 67.6 Å². The van der Waals surface area contributed by atoms with Crippen LogP contribution in [0.2, 0.25) is 0 Å². The summed E-state index contributed by atoms with van der Waals surface area (Å²) in [5.74, 6) is -12.7. The lowest BCUT2D eigenvalue weighted by Crippen LogP contribution is -2.61. The van der Waals surface area contributed by atoms with Gasteiger partial charge in [0.05, 0.1) is 6.04 Å². The van der Waals surface area contributed by atoms with Crippen LogP contribution in [0.5, 0.6) is 0 Å². The molecule has 1 fully saturated rings. The van der Waals surface area contributed by atoms with Crippen molar-refractivity contribution in [2.75, 3.05) is 61.5 Å². The van der Waals surface area contributed by atoms with E-state index in [1.165, 1.54) is 63.8 Å². The Hall–Kier alpha value is -7.30. The van der Waals surface area contributed by atoms with Gasteiger partial charge in [-0.05, 0) is 80.5 Å². The van der Waals surface area contributed by atoms with E-state index in [1.807, 2.05) is 41.5 Å². The van der Waals surface area contributed by atoms with E-state index >= 15 is 0 Å². The van der Waals surface area contributed by atoms with Gasteiger partial charge in [-0.1, -0.05) is 130 Å². The van der Waals surface area contributed by atoms with Gasteiger partial charge >= 0.3 is 5.97 Å². The summed E-state index contributed by atoms with van der Waals surface area (Å²) in [4.78, 5) is 203. The Morgan fingerprint density at radius 2 is 1.03 bits per heavy atom. The van der Waals surface area contributed by atoms with Crippen LogP contribution >= 0.6 is 0 Å². The summed E-state index contributed by atoms with van der Waals surface area (Å²) < 4.78 is 11.0. The van der Waals surface area contributed by atoms with Gasteiger partial charge in [0.1, 0.15) is 67.1 Å². The first-order valence-corrected chi connectivity index (χ1v) is 35.0. The quantitative estimate of drug-likeness (QED) is 0.0585. The number of rotatable bonds is 21. The number of esters is 1. The number of methoxy groups -OCH3 is 1. The molecule has 0 saturated carbocycles. The van der Waals surface area contributed by atoms with Crippen LogP contribution in [-0.2, 0) is 76.6 Å². The number of imide groups is 1. The number of carbonyl (C=O) groups is 14. The molecule has 14 atom stereocenters. The van der Waals surface area contributed by atoms with Crippen LogP contribution in [0.15, 0.2) is 0 Å². The van der Waals surface area contributed by atoms with E-state index in [0.29, 0.717) is 19.3 Å². The van der Waals surface area contributed by atoms with E-state index in [2.05, 4.69) is 47.9 Å². The van der Waals surface area contributed by atoms with Crippen LogP contribution in [0.4, 0.5) is 0 Å². The Kier molecular flexibility index (Phi) is 39.2. The minimum absolute atomic E-state index is 0.0422. The third-order valence-corrected chi connectivity index (χ3v) is 18.0. The highest BCUT2D eigenvalue weighted by atomic mass is 16.5. The number of amides is 13. The Morgan fingerprint density at radius 3 is 1.54 bits per heavy atom. The first-order valence-electron chi connectivity index (χ1n) is 35.0. The summed E-state index contributed by atoms with van der Waals surface area (Å²) >= 11 is 0. The first kappa shape index (κ1) is 88.7. The minimum atomic E-state index is -1.72. The molecule has 560 valence electrons. The zero-order valence-electron chi connectivity index (χ0n) is 63.0. The molecule has 0 aromatic heterocycles. The second-order valence-electron chi connectivity index (χ2n) is 28.4. The number of carbonyl (C=O) groups excluding carboxylic acids is 14. The molecule has 0 radical (unpaired) electrons. The predicted molar refractivity (Wildman–Crippen MR) is 370 cm³/mol. The molecular weight excluding hydrogens is 1270 g/mol. The second kappa shape index (κ2) is 43.3. The highest BCUT2D eigenvalue weighted by Gasteiger charge is 2.43. The molecule has 1 saturated heterocycles. The van der Waals surface area contributed by atoms with Crippen molar-refractivity contribution in [2.24, 2.45) is 47.3 Å². The summed E-state index contributed by atoms with van der Waals surface area (Å²) in [6.07, 6.45) is -0.863. The van der Waals surface area contributed by atoms with Crippen molar-refractivity contribution >= 4 is 82.8 Å². The number of likely N-dealkylation sites (N-methyl/N-ethyl adjacent to an activating group) is 4. The lowest BCUT2D eigenvalue weighted by atomic mass is 9.94. The van der Waals surface area contributed by atoms with Gasteiger partial charge in [-0.25, -0.2) is 4.79 Å². The molecule has 29 nitrogen and oxygen atoms in total. The second-order valence-corrected chi connectivity index (χ2v) is 28.4. The molecular formula is C69H123N13O16. The fraction of sp³-hybridized carbons (Fsp3) is 0.797. The Bertz CT molecular complexity index is 2690. The fourth-order valence-electron chi connectivity index (χ4n) is 11.6. The number of cyclic esters (lactones) is 1. The van der Waals surface area contributed by atoms with Gasteiger partial charge in [-0.2, -0.15) is 0 Å². The van der Waals surface area contributed by atoms with Crippen molar-refractivity contribution in [3.63, 3.8) is 0 Å². The van der Waals surface area contributed by atoms with Crippen LogP contribution in [0, 0.1) is 47.3 Å². The Balaban J connectivity index is 4.14. The van der Waals surface area contributed by atoms with Crippen LogP contribution in [0.25, 0.3) is 0 Å². The molecule has 98 heavy (non-hydrogen) atoms. The molecule has 0 bridgehead atoms. The lowest BCUT2D eigenvalue weighted by molar-refractivity contribution is -0.163. The SMILES string of the molecule is CCC(C)C1NC(=O)CCNC(=O)C(C(C)CC)N(C)C(=O)C(CC(C)C)NC(=O)CCNC(=O)C(NC(=O)C(CC(C)C)NC(=O)C(NC(=O)COC)C(C)C)C(C)OC(=O)C(C(C)CC)N(C)C(=O)C(CC(C)C)NCCC(=O)NC(=O)C(C)N(C)C(=O)C(C(C)C)N(C)C1=O. The third-order valence-electron chi connectivity index (χ3n) is 18.0. The van der Waals surface area contributed by atoms with Gasteiger partial charge in [0.15, 0.2) is 0 Å². The van der Waals surface area contributed by atoms with Crippen LogP contribution in [-0.4, -0.2) is 230 Å². The largest absolute Gasteiger partial charge is 0.458 e.